The number of benzene rings is 1. The van der Waals surface area contributed by atoms with Gasteiger partial charge in [0.15, 0.2) is 0 Å². The van der Waals surface area contributed by atoms with Crippen LogP contribution in [0.15, 0.2) is 18.2 Å². The lowest BCUT2D eigenvalue weighted by Crippen LogP contribution is -2.56. The summed E-state index contributed by atoms with van der Waals surface area (Å²) in [5.41, 5.74) is 0.519. The van der Waals surface area contributed by atoms with Crippen LogP contribution in [0.2, 0.25) is 0 Å². The van der Waals surface area contributed by atoms with Gasteiger partial charge >= 0.3 is 0 Å². The van der Waals surface area contributed by atoms with Crippen LogP contribution in [0.25, 0.3) is 0 Å². The minimum absolute atomic E-state index is 0.0272. The van der Waals surface area contributed by atoms with Crippen molar-refractivity contribution in [3.05, 3.63) is 23.8 Å². The van der Waals surface area contributed by atoms with Crippen molar-refractivity contribution in [3.63, 3.8) is 0 Å². The molecule has 156 valence electrons. The first-order valence-corrected chi connectivity index (χ1v) is 9.40. The molecule has 0 bridgehead atoms. The largest absolute Gasteiger partial charge is 0.497 e. The van der Waals surface area contributed by atoms with Crippen LogP contribution in [0.4, 0.5) is 0 Å². The van der Waals surface area contributed by atoms with E-state index in [1.54, 1.807) is 20.3 Å². The minimum atomic E-state index is -0.558. The third kappa shape index (κ3) is 5.84. The number of amides is 2. The lowest BCUT2D eigenvalue weighted by molar-refractivity contribution is -0.134. The molecule has 28 heavy (non-hydrogen) atoms. The van der Waals surface area contributed by atoms with Crippen LogP contribution in [-0.4, -0.2) is 68.3 Å². The van der Waals surface area contributed by atoms with Crippen molar-refractivity contribution in [1.82, 2.24) is 15.5 Å². The second-order valence-corrected chi connectivity index (χ2v) is 7.76. The first-order chi connectivity index (χ1) is 13.3. The maximum absolute atomic E-state index is 12.4. The number of methoxy groups -OCH3 is 2. The molecule has 2 amide bonds. The van der Waals surface area contributed by atoms with Gasteiger partial charge < -0.3 is 25.2 Å². The van der Waals surface area contributed by atoms with Crippen molar-refractivity contribution in [3.8, 4) is 11.5 Å². The van der Waals surface area contributed by atoms with Gasteiger partial charge in [-0.15, -0.1) is 0 Å². The van der Waals surface area contributed by atoms with Gasteiger partial charge in [0, 0.05) is 49.8 Å². The Bertz CT molecular complexity index is 692. The molecule has 0 spiro atoms. The number of nitrogens with one attached hydrogen (secondary N) is 2. The van der Waals surface area contributed by atoms with E-state index in [4.69, 9.17) is 9.47 Å². The number of ether oxygens (including phenoxy) is 2. The molecule has 1 fully saturated rings. The molecule has 1 aliphatic heterocycles. The zero-order chi connectivity index (χ0) is 20.7. The molecular weight excluding hydrogens is 362 g/mol. The summed E-state index contributed by atoms with van der Waals surface area (Å²) in [6.45, 7) is 5.71. The molecule has 2 rings (SSSR count). The molecule has 0 aromatic heterocycles. The molecule has 1 unspecified atom stereocenters. The third-order valence-corrected chi connectivity index (χ3v) is 4.88. The summed E-state index contributed by atoms with van der Waals surface area (Å²) in [7, 11) is 3.19. The summed E-state index contributed by atoms with van der Waals surface area (Å²) in [6, 6.07) is 5.00. The number of nitrogens with zero attached hydrogens (tertiary/aromatic N) is 1. The van der Waals surface area contributed by atoms with Gasteiger partial charge in [0.2, 0.25) is 11.8 Å². The van der Waals surface area contributed by atoms with Crippen molar-refractivity contribution in [2.24, 2.45) is 5.41 Å². The summed E-state index contributed by atoms with van der Waals surface area (Å²) in [5, 5.41) is 15.0. The van der Waals surface area contributed by atoms with Crippen LogP contribution >= 0.6 is 0 Å². The zero-order valence-corrected chi connectivity index (χ0v) is 17.1. The Morgan fingerprint density at radius 1 is 1.36 bits per heavy atom. The monoisotopic (exact) mass is 393 g/mol. The van der Waals surface area contributed by atoms with Gasteiger partial charge in [-0.2, -0.15) is 0 Å². The highest BCUT2D eigenvalue weighted by atomic mass is 16.5. The number of rotatable bonds is 9. The zero-order valence-electron chi connectivity index (χ0n) is 17.1. The minimum Gasteiger partial charge on any atom is -0.497 e. The number of piperazine rings is 1. The number of aliphatic hydroxyl groups excluding tert-OH is 1. The summed E-state index contributed by atoms with van der Waals surface area (Å²) in [5.74, 6) is 1.00. The van der Waals surface area contributed by atoms with Gasteiger partial charge in [0.1, 0.15) is 11.5 Å². The van der Waals surface area contributed by atoms with Crippen LogP contribution in [-0.2, 0) is 16.1 Å². The quantitative estimate of drug-likeness (QED) is 0.566. The average molecular weight is 393 g/mol. The fourth-order valence-electron chi connectivity index (χ4n) is 3.02. The number of carbonyl (C=O) groups is 2. The molecule has 1 saturated heterocycles. The van der Waals surface area contributed by atoms with E-state index in [-0.39, 0.29) is 24.8 Å². The molecule has 3 N–H and O–H groups in total. The van der Waals surface area contributed by atoms with E-state index >= 15 is 0 Å². The molecule has 8 nitrogen and oxygen atoms in total. The number of aliphatic hydroxyl groups is 1. The van der Waals surface area contributed by atoms with Crippen molar-refractivity contribution in [2.75, 3.05) is 40.5 Å². The van der Waals surface area contributed by atoms with Crippen molar-refractivity contribution in [2.45, 2.75) is 32.9 Å². The number of hydrogen-bond donors (Lipinski definition) is 3. The van der Waals surface area contributed by atoms with Crippen LogP contribution in [0.1, 0.15) is 25.8 Å². The summed E-state index contributed by atoms with van der Waals surface area (Å²) >= 11 is 0. The Balaban J connectivity index is 2.08. The van der Waals surface area contributed by atoms with Gasteiger partial charge in [-0.25, -0.2) is 0 Å². The Kier molecular flexibility index (Phi) is 7.65. The Morgan fingerprint density at radius 2 is 2.11 bits per heavy atom. The molecule has 1 aromatic rings. The van der Waals surface area contributed by atoms with Crippen molar-refractivity contribution < 1.29 is 24.2 Å². The number of carbonyl (C=O) groups excluding carboxylic acids is 2. The molecule has 1 atom stereocenters. The van der Waals surface area contributed by atoms with Gasteiger partial charge in [-0.1, -0.05) is 19.9 Å². The highest BCUT2D eigenvalue weighted by molar-refractivity contribution is 5.88. The van der Waals surface area contributed by atoms with Gasteiger partial charge in [-0.3, -0.25) is 14.5 Å². The van der Waals surface area contributed by atoms with E-state index in [1.165, 1.54) is 0 Å². The van der Waals surface area contributed by atoms with E-state index in [1.807, 2.05) is 30.9 Å². The van der Waals surface area contributed by atoms with Crippen molar-refractivity contribution >= 4 is 11.8 Å². The first kappa shape index (κ1) is 22.0. The first-order valence-electron chi connectivity index (χ1n) is 9.40. The normalized spacial score (nSPS) is 17.8. The molecular formula is C20H31N3O5. The molecule has 0 aliphatic carbocycles. The Morgan fingerprint density at radius 3 is 2.75 bits per heavy atom. The predicted octanol–water partition coefficient (Wildman–Crippen LogP) is 0.529. The topological polar surface area (TPSA) is 100 Å². The van der Waals surface area contributed by atoms with Crippen LogP contribution in [0.3, 0.4) is 0 Å². The maximum Gasteiger partial charge on any atom is 0.237 e. The highest BCUT2D eigenvalue weighted by Gasteiger charge is 2.32. The summed E-state index contributed by atoms with van der Waals surface area (Å²) < 4.78 is 10.7. The second kappa shape index (κ2) is 9.75. The maximum atomic E-state index is 12.4. The Hall–Kier alpha value is -2.32. The molecule has 8 heteroatoms. The standard InChI is InChI=1S/C20H31N3O5/c1-20(2,13-24)12-22-18(25)10-16-19(26)21-7-8-23(16)11-14-5-6-15(27-3)9-17(14)28-4/h5-6,9,16,24H,7-8,10-13H2,1-4H3,(H,21,26)(H,22,25). The summed E-state index contributed by atoms with van der Waals surface area (Å²) in [6.07, 6.45) is 0.0613. The lowest BCUT2D eigenvalue weighted by atomic mass is 9.95. The van der Waals surface area contributed by atoms with Crippen LogP contribution in [0, 0.1) is 5.41 Å². The van der Waals surface area contributed by atoms with E-state index in [2.05, 4.69) is 10.6 Å². The smallest absolute Gasteiger partial charge is 0.237 e. The SMILES string of the molecule is COc1ccc(CN2CCNC(=O)C2CC(=O)NCC(C)(C)CO)c(OC)c1. The fourth-order valence-corrected chi connectivity index (χ4v) is 3.02. The van der Waals surface area contributed by atoms with E-state index in [9.17, 15) is 14.7 Å². The highest BCUT2D eigenvalue weighted by Crippen LogP contribution is 2.27. The van der Waals surface area contributed by atoms with E-state index in [0.717, 1.165) is 5.56 Å². The van der Waals surface area contributed by atoms with Crippen molar-refractivity contribution in [1.29, 1.82) is 0 Å². The van der Waals surface area contributed by atoms with Gasteiger partial charge in [0.25, 0.3) is 0 Å². The second-order valence-electron chi connectivity index (χ2n) is 7.76. The molecule has 1 aliphatic rings. The van der Waals surface area contributed by atoms with Crippen LogP contribution < -0.4 is 20.1 Å². The molecule has 0 saturated carbocycles. The van der Waals surface area contributed by atoms with Gasteiger partial charge in [0.05, 0.1) is 26.7 Å². The molecule has 1 aromatic carbocycles. The number of hydrogen-bond acceptors (Lipinski definition) is 6. The molecule has 1 heterocycles. The lowest BCUT2D eigenvalue weighted by Gasteiger charge is -2.35. The molecule has 0 radical (unpaired) electrons. The Labute approximate surface area is 166 Å². The van der Waals surface area contributed by atoms with Gasteiger partial charge in [-0.05, 0) is 6.07 Å². The third-order valence-electron chi connectivity index (χ3n) is 4.88. The van der Waals surface area contributed by atoms with E-state index in [0.29, 0.717) is 37.7 Å². The summed E-state index contributed by atoms with van der Waals surface area (Å²) in [4.78, 5) is 26.8. The van der Waals surface area contributed by atoms with E-state index < -0.39 is 11.5 Å². The van der Waals surface area contributed by atoms with Crippen LogP contribution in [0.5, 0.6) is 11.5 Å². The fraction of sp³-hybridized carbons (Fsp3) is 0.600. The average Bonchev–Trinajstić information content (AvgIpc) is 2.69. The predicted molar refractivity (Wildman–Crippen MR) is 105 cm³/mol.